The van der Waals surface area contributed by atoms with Crippen molar-refractivity contribution in [2.24, 2.45) is 11.7 Å². The number of amides is 1. The van der Waals surface area contributed by atoms with E-state index in [1.165, 1.54) is 18.2 Å². The third-order valence-corrected chi connectivity index (χ3v) is 4.09. The molecule has 1 amide bonds. The van der Waals surface area contributed by atoms with E-state index in [-0.39, 0.29) is 0 Å². The summed E-state index contributed by atoms with van der Waals surface area (Å²) in [7, 11) is 0. The lowest BCUT2D eigenvalue weighted by atomic mass is 10.1. The van der Waals surface area contributed by atoms with Crippen molar-refractivity contribution in [3.8, 4) is 11.6 Å². The van der Waals surface area contributed by atoms with Crippen LogP contribution in [-0.4, -0.2) is 27.7 Å². The smallest absolute Gasteiger partial charge is 0.250 e. The highest BCUT2D eigenvalue weighted by Crippen LogP contribution is 2.24. The number of pyridine rings is 1. The van der Waals surface area contributed by atoms with Crippen LogP contribution >= 0.6 is 12.0 Å². The molecule has 154 valence electrons. The Morgan fingerprint density at radius 3 is 2.54 bits per heavy atom. The van der Waals surface area contributed by atoms with Gasteiger partial charge in [0.15, 0.2) is 0 Å². The second kappa shape index (κ2) is 13.1. The molecule has 0 aliphatic rings. The summed E-state index contributed by atoms with van der Waals surface area (Å²) in [6, 6.07) is 9.34. The molecule has 0 radical (unpaired) electrons. The third kappa shape index (κ3) is 9.21. The summed E-state index contributed by atoms with van der Waals surface area (Å²) in [5.74, 6) is 2.19. The van der Waals surface area contributed by atoms with Crippen molar-refractivity contribution in [3.05, 3.63) is 53.2 Å². The van der Waals surface area contributed by atoms with Crippen LogP contribution in [0.15, 0.2) is 36.5 Å². The van der Waals surface area contributed by atoms with Crippen LogP contribution in [0.2, 0.25) is 0 Å². The second-order valence-electron chi connectivity index (χ2n) is 6.73. The number of ether oxygens (including phenoxy) is 1. The molecule has 0 unspecified atom stereocenters. The molecule has 2 rings (SSSR count). The Morgan fingerprint density at radius 2 is 2.04 bits per heavy atom. The van der Waals surface area contributed by atoms with E-state index in [4.69, 9.17) is 15.0 Å². The highest BCUT2D eigenvalue weighted by Gasteiger charge is 2.06. The fourth-order valence-electron chi connectivity index (χ4n) is 2.26. The zero-order valence-corrected chi connectivity index (χ0v) is 17.9. The van der Waals surface area contributed by atoms with E-state index in [2.05, 4.69) is 30.2 Å². The highest BCUT2D eigenvalue weighted by molar-refractivity contribution is 7.93. The van der Waals surface area contributed by atoms with E-state index in [0.29, 0.717) is 17.4 Å². The summed E-state index contributed by atoms with van der Waals surface area (Å²) in [6.45, 7) is 10.2. The Hall–Kier alpha value is -2.09. The topological polar surface area (TPSA) is 97.5 Å². The molecular weight excluding hydrogens is 374 g/mol. The van der Waals surface area contributed by atoms with Gasteiger partial charge in [0, 0.05) is 24.6 Å². The highest BCUT2D eigenvalue weighted by atomic mass is 32.2. The van der Waals surface area contributed by atoms with Crippen LogP contribution < -0.4 is 15.8 Å². The van der Waals surface area contributed by atoms with E-state index < -0.39 is 5.91 Å². The largest absolute Gasteiger partial charge is 0.439 e. The minimum absolute atomic E-state index is 0.363. The number of aromatic nitrogens is 1. The molecule has 0 saturated heterocycles. The number of primary amides is 1. The number of hydrogen-bond acceptors (Lipinski definition) is 6. The average Bonchev–Trinajstić information content (AvgIpc) is 2.67. The summed E-state index contributed by atoms with van der Waals surface area (Å²) in [6.07, 6.45) is 2.59. The number of benzene rings is 1. The molecule has 1 aromatic carbocycles. The molecule has 2 aromatic rings. The van der Waals surface area contributed by atoms with Gasteiger partial charge >= 0.3 is 0 Å². The molecule has 0 saturated carbocycles. The molecular formula is C21H31N3O3S. The number of carbonyl (C=O) groups excluding carboxylic acids is 1. The Bertz CT molecular complexity index is 719. The van der Waals surface area contributed by atoms with Crippen molar-refractivity contribution in [1.82, 2.24) is 10.3 Å². The second-order valence-corrected chi connectivity index (χ2v) is 7.56. The maximum atomic E-state index is 11.0. The first-order valence-corrected chi connectivity index (χ1v) is 10.3. The summed E-state index contributed by atoms with van der Waals surface area (Å²) in [4.78, 5) is 15.1. The molecule has 1 aromatic heterocycles. The number of nitrogens with one attached hydrogen (secondary N) is 1. The normalized spacial score (nSPS) is 10.4. The standard InChI is InChI=1S/C19H25N3O2.C2H6OS/c1-13(2)8-9-21-11-15-4-6-17(14(3)10-15)24-18-7-5-16(12-22-18)19(20)23;1-2-4-3/h4-7,10,12-13,21H,8-9,11H2,1-3H3,(H2,20,23);3H,2H2,1H3. The minimum Gasteiger partial charge on any atom is -0.439 e. The number of carbonyl (C=O) groups is 1. The van der Waals surface area contributed by atoms with Gasteiger partial charge in [-0.1, -0.05) is 32.9 Å². The molecule has 6 nitrogen and oxygen atoms in total. The van der Waals surface area contributed by atoms with E-state index in [0.717, 1.165) is 42.2 Å². The lowest BCUT2D eigenvalue weighted by molar-refractivity contribution is 0.1000. The summed E-state index contributed by atoms with van der Waals surface area (Å²) in [5, 5.41) is 3.45. The number of nitrogens with zero attached hydrogens (tertiary/aromatic N) is 1. The van der Waals surface area contributed by atoms with E-state index >= 15 is 0 Å². The molecule has 0 atom stereocenters. The predicted octanol–water partition coefficient (Wildman–Crippen LogP) is 4.63. The first kappa shape index (κ1) is 23.9. The number of aryl methyl sites for hydroxylation is 1. The van der Waals surface area contributed by atoms with Gasteiger partial charge < -0.3 is 20.3 Å². The maximum Gasteiger partial charge on any atom is 0.250 e. The fourth-order valence-corrected chi connectivity index (χ4v) is 2.26. The van der Waals surface area contributed by atoms with Crippen LogP contribution in [0.3, 0.4) is 0 Å². The fraction of sp³-hybridized carbons (Fsp3) is 0.429. The van der Waals surface area contributed by atoms with Gasteiger partial charge in [0.05, 0.1) is 5.56 Å². The van der Waals surface area contributed by atoms with Gasteiger partial charge in [0.25, 0.3) is 0 Å². The zero-order chi connectivity index (χ0) is 20.9. The molecule has 0 spiro atoms. The van der Waals surface area contributed by atoms with Gasteiger partial charge in [0.2, 0.25) is 11.8 Å². The van der Waals surface area contributed by atoms with Crippen molar-refractivity contribution < 1.29 is 14.1 Å². The number of nitrogens with two attached hydrogens (primary N) is 1. The lowest BCUT2D eigenvalue weighted by Gasteiger charge is -2.11. The van der Waals surface area contributed by atoms with Gasteiger partial charge in [-0.2, -0.15) is 0 Å². The van der Waals surface area contributed by atoms with Crippen LogP contribution in [0.4, 0.5) is 0 Å². The number of hydrogen-bond donors (Lipinski definition) is 3. The Balaban J connectivity index is 0.000000892. The molecule has 1 heterocycles. The monoisotopic (exact) mass is 405 g/mol. The van der Waals surface area contributed by atoms with Crippen LogP contribution in [0.5, 0.6) is 11.6 Å². The average molecular weight is 406 g/mol. The minimum atomic E-state index is -0.500. The Kier molecular flexibility index (Phi) is 11.2. The van der Waals surface area contributed by atoms with Gasteiger partial charge in [-0.25, -0.2) is 4.98 Å². The molecule has 7 heteroatoms. The van der Waals surface area contributed by atoms with Crippen LogP contribution in [-0.2, 0) is 6.54 Å². The van der Waals surface area contributed by atoms with Crippen molar-refractivity contribution in [1.29, 1.82) is 0 Å². The quantitative estimate of drug-likeness (QED) is 0.416. The molecule has 0 fully saturated rings. The molecule has 0 aliphatic heterocycles. The summed E-state index contributed by atoms with van der Waals surface area (Å²) < 4.78 is 13.6. The Labute approximate surface area is 172 Å². The number of rotatable bonds is 9. The van der Waals surface area contributed by atoms with Gasteiger partial charge in [-0.15, -0.1) is 0 Å². The molecule has 0 aliphatic carbocycles. The van der Waals surface area contributed by atoms with Gasteiger partial charge in [-0.3, -0.25) is 4.79 Å². The van der Waals surface area contributed by atoms with Crippen LogP contribution in [0, 0.1) is 12.8 Å². The first-order chi connectivity index (χ1) is 13.4. The predicted molar refractivity (Wildman–Crippen MR) is 116 cm³/mol. The summed E-state index contributed by atoms with van der Waals surface area (Å²) in [5.41, 5.74) is 7.82. The molecule has 28 heavy (non-hydrogen) atoms. The van der Waals surface area contributed by atoms with Gasteiger partial charge in [0.1, 0.15) is 5.75 Å². The first-order valence-electron chi connectivity index (χ1n) is 9.37. The van der Waals surface area contributed by atoms with Crippen molar-refractivity contribution in [3.63, 3.8) is 0 Å². The zero-order valence-electron chi connectivity index (χ0n) is 17.1. The summed E-state index contributed by atoms with van der Waals surface area (Å²) >= 11 is 0.856. The maximum absolute atomic E-state index is 11.0. The van der Waals surface area contributed by atoms with E-state index in [1.807, 2.05) is 26.0 Å². The molecule has 0 bridgehead atoms. The van der Waals surface area contributed by atoms with E-state index in [1.54, 1.807) is 12.1 Å². The van der Waals surface area contributed by atoms with Crippen molar-refractivity contribution in [2.75, 3.05) is 12.3 Å². The third-order valence-electron chi connectivity index (χ3n) is 3.83. The van der Waals surface area contributed by atoms with Gasteiger partial charge in [-0.05, 0) is 61.1 Å². The van der Waals surface area contributed by atoms with Crippen molar-refractivity contribution in [2.45, 2.75) is 40.7 Å². The SMILES string of the molecule is CCSO.Cc1cc(CNCCC(C)C)ccc1Oc1ccc(C(N)=O)cn1. The lowest BCUT2D eigenvalue weighted by Crippen LogP contribution is -2.16. The van der Waals surface area contributed by atoms with Crippen LogP contribution in [0.25, 0.3) is 0 Å². The molecule has 4 N–H and O–H groups in total. The Morgan fingerprint density at radius 1 is 1.32 bits per heavy atom. The van der Waals surface area contributed by atoms with Crippen molar-refractivity contribution >= 4 is 17.9 Å². The van der Waals surface area contributed by atoms with E-state index in [9.17, 15) is 4.79 Å². The van der Waals surface area contributed by atoms with Crippen LogP contribution in [0.1, 0.15) is 48.7 Å².